The molecule has 0 bridgehead atoms. The molecular formula is C30H26Cl2N4O3. The van der Waals surface area contributed by atoms with Crippen LogP contribution in [-0.4, -0.2) is 25.9 Å². The van der Waals surface area contributed by atoms with Crippen molar-refractivity contribution in [1.82, 2.24) is 20.0 Å². The van der Waals surface area contributed by atoms with Crippen LogP contribution in [0.3, 0.4) is 0 Å². The number of H-pyrrole nitrogens is 1. The first-order valence-corrected chi connectivity index (χ1v) is 13.4. The summed E-state index contributed by atoms with van der Waals surface area (Å²) in [6.45, 7) is 2.41. The van der Waals surface area contributed by atoms with Gasteiger partial charge in [0, 0.05) is 21.9 Å². The van der Waals surface area contributed by atoms with Gasteiger partial charge in [0.2, 0.25) is 0 Å². The number of hydrogen-bond donors (Lipinski definition) is 1. The van der Waals surface area contributed by atoms with Crippen molar-refractivity contribution in [3.05, 3.63) is 121 Å². The molecule has 39 heavy (non-hydrogen) atoms. The van der Waals surface area contributed by atoms with Crippen LogP contribution < -0.4 is 10.3 Å². The van der Waals surface area contributed by atoms with Crippen molar-refractivity contribution in [2.24, 2.45) is 0 Å². The Kier molecular flexibility index (Phi) is 8.10. The lowest BCUT2D eigenvalue weighted by Crippen LogP contribution is -2.16. The Hall–Kier alpha value is -3.94. The zero-order chi connectivity index (χ0) is 27.4. The molecule has 2 aromatic heterocycles. The highest BCUT2D eigenvalue weighted by molar-refractivity contribution is 6.35. The molecule has 198 valence electrons. The van der Waals surface area contributed by atoms with Gasteiger partial charge in [-0.15, -0.1) is 0 Å². The summed E-state index contributed by atoms with van der Waals surface area (Å²) in [5, 5.41) is 13.9. The van der Waals surface area contributed by atoms with Crippen LogP contribution in [-0.2, 0) is 19.4 Å². The number of ether oxygens (including phenoxy) is 1. The lowest BCUT2D eigenvalue weighted by atomic mass is 10.0. The summed E-state index contributed by atoms with van der Waals surface area (Å²) in [5.41, 5.74) is 3.33. The predicted octanol–water partition coefficient (Wildman–Crippen LogP) is 6.63. The summed E-state index contributed by atoms with van der Waals surface area (Å²) in [7, 11) is 0. The smallest absolute Gasteiger partial charge is 0.362 e. The minimum atomic E-state index is -0.514. The quantitative estimate of drug-likeness (QED) is 0.161. The van der Waals surface area contributed by atoms with E-state index in [2.05, 4.69) is 22.2 Å². The van der Waals surface area contributed by atoms with Crippen LogP contribution in [0, 0.1) is 0 Å². The SMILES string of the molecule is CCCCc1cc(C(=O)Oc2cccc(Cc3n[nH]c(=O)c4ccccc34)c2)n(Cc2ccc(Cl)cc2Cl)n1. The first-order chi connectivity index (χ1) is 18.9. The number of aryl methyl sites for hydroxylation is 1. The molecule has 0 aliphatic rings. The first-order valence-electron chi connectivity index (χ1n) is 12.7. The number of carbonyl (C=O) groups is 1. The van der Waals surface area contributed by atoms with Crippen molar-refractivity contribution in [3.63, 3.8) is 0 Å². The first kappa shape index (κ1) is 26.7. The zero-order valence-electron chi connectivity index (χ0n) is 21.3. The van der Waals surface area contributed by atoms with Gasteiger partial charge in [0.25, 0.3) is 5.56 Å². The number of rotatable bonds is 9. The molecule has 0 amide bonds. The van der Waals surface area contributed by atoms with Gasteiger partial charge >= 0.3 is 5.97 Å². The van der Waals surface area contributed by atoms with E-state index in [1.807, 2.05) is 36.4 Å². The number of carbonyl (C=O) groups excluding carboxylic acids is 1. The van der Waals surface area contributed by atoms with Gasteiger partial charge in [-0.3, -0.25) is 9.48 Å². The van der Waals surface area contributed by atoms with Crippen molar-refractivity contribution in [2.45, 2.75) is 39.2 Å². The maximum atomic E-state index is 13.3. The van der Waals surface area contributed by atoms with E-state index >= 15 is 0 Å². The van der Waals surface area contributed by atoms with Crippen LogP contribution in [0.15, 0.2) is 77.6 Å². The minimum absolute atomic E-state index is 0.230. The largest absolute Gasteiger partial charge is 0.422 e. The highest BCUT2D eigenvalue weighted by Crippen LogP contribution is 2.24. The number of unbranched alkanes of at least 4 members (excludes halogenated alkanes) is 1. The molecule has 0 spiro atoms. The molecule has 5 rings (SSSR count). The fraction of sp³-hybridized carbons (Fsp3) is 0.200. The Labute approximate surface area is 235 Å². The number of fused-ring (bicyclic) bond motifs is 1. The van der Waals surface area contributed by atoms with Gasteiger partial charge in [0.05, 0.1) is 23.3 Å². The zero-order valence-corrected chi connectivity index (χ0v) is 22.8. The van der Waals surface area contributed by atoms with Gasteiger partial charge in [-0.25, -0.2) is 9.89 Å². The lowest BCUT2D eigenvalue weighted by molar-refractivity contribution is 0.0722. The number of esters is 1. The molecule has 3 aromatic carbocycles. The summed E-state index contributed by atoms with van der Waals surface area (Å²) in [5.74, 6) is -0.112. The summed E-state index contributed by atoms with van der Waals surface area (Å²) in [4.78, 5) is 25.5. The molecular weight excluding hydrogens is 535 g/mol. The van der Waals surface area contributed by atoms with E-state index in [0.717, 1.165) is 47.2 Å². The van der Waals surface area contributed by atoms with Gasteiger partial charge in [0.15, 0.2) is 0 Å². The second-order valence-electron chi connectivity index (χ2n) is 9.28. The standard InChI is InChI=1S/C30H26Cl2N4O3/c1-2-3-8-22-17-28(36(35-22)18-20-12-13-21(31)16-26(20)32)30(38)39-23-9-6-7-19(14-23)15-27-24-10-4-5-11-25(24)29(37)34-33-27/h4-7,9-14,16-17H,2-3,8,15,18H2,1H3,(H,34,37). The average Bonchev–Trinajstić information content (AvgIpc) is 3.34. The highest BCUT2D eigenvalue weighted by atomic mass is 35.5. The number of halogens is 2. The molecule has 0 aliphatic carbocycles. The third-order valence-corrected chi connectivity index (χ3v) is 7.00. The van der Waals surface area contributed by atoms with Crippen LogP contribution in [0.1, 0.15) is 52.8 Å². The fourth-order valence-electron chi connectivity index (χ4n) is 4.42. The lowest BCUT2D eigenvalue weighted by Gasteiger charge is -2.10. The van der Waals surface area contributed by atoms with E-state index in [9.17, 15) is 9.59 Å². The number of nitrogens with one attached hydrogen (secondary N) is 1. The molecule has 2 heterocycles. The molecule has 7 nitrogen and oxygen atoms in total. The van der Waals surface area contributed by atoms with Crippen LogP contribution in [0.25, 0.3) is 10.8 Å². The third kappa shape index (κ3) is 6.21. The van der Waals surface area contributed by atoms with E-state index in [1.165, 1.54) is 0 Å². The minimum Gasteiger partial charge on any atom is -0.422 e. The Balaban J connectivity index is 1.39. The maximum absolute atomic E-state index is 13.3. The summed E-state index contributed by atoms with van der Waals surface area (Å²) >= 11 is 12.4. The molecule has 5 aromatic rings. The van der Waals surface area contributed by atoms with E-state index in [4.69, 9.17) is 27.9 Å². The molecule has 0 fully saturated rings. The van der Waals surface area contributed by atoms with Gasteiger partial charge < -0.3 is 4.74 Å². The molecule has 0 saturated heterocycles. The Morgan fingerprint density at radius 2 is 1.82 bits per heavy atom. The molecule has 0 radical (unpaired) electrons. The fourth-order valence-corrected chi connectivity index (χ4v) is 4.89. The Morgan fingerprint density at radius 1 is 1.00 bits per heavy atom. The molecule has 0 saturated carbocycles. The van der Waals surface area contributed by atoms with Crippen molar-refractivity contribution in [1.29, 1.82) is 0 Å². The van der Waals surface area contributed by atoms with Crippen molar-refractivity contribution < 1.29 is 9.53 Å². The number of benzene rings is 3. The summed E-state index contributed by atoms with van der Waals surface area (Å²) in [6, 6.07) is 21.7. The van der Waals surface area contributed by atoms with Gasteiger partial charge in [0.1, 0.15) is 11.4 Å². The van der Waals surface area contributed by atoms with E-state index in [-0.39, 0.29) is 5.56 Å². The summed E-state index contributed by atoms with van der Waals surface area (Å²) in [6.07, 6.45) is 3.19. The number of aromatic nitrogens is 4. The number of aromatic amines is 1. The second kappa shape index (κ2) is 11.8. The van der Waals surface area contributed by atoms with Crippen molar-refractivity contribution in [3.8, 4) is 5.75 Å². The van der Waals surface area contributed by atoms with Gasteiger partial charge in [-0.2, -0.15) is 10.2 Å². The average molecular weight is 561 g/mol. The molecule has 0 atom stereocenters. The van der Waals surface area contributed by atoms with Crippen molar-refractivity contribution >= 4 is 39.9 Å². The van der Waals surface area contributed by atoms with Crippen LogP contribution in [0.4, 0.5) is 0 Å². The predicted molar refractivity (Wildman–Crippen MR) is 153 cm³/mol. The molecule has 0 aliphatic heterocycles. The Bertz CT molecular complexity index is 1710. The van der Waals surface area contributed by atoms with E-state index < -0.39 is 5.97 Å². The monoisotopic (exact) mass is 560 g/mol. The van der Waals surface area contributed by atoms with E-state index in [0.29, 0.717) is 39.8 Å². The molecule has 1 N–H and O–H groups in total. The number of hydrogen-bond acceptors (Lipinski definition) is 5. The Morgan fingerprint density at radius 3 is 2.62 bits per heavy atom. The highest BCUT2D eigenvalue weighted by Gasteiger charge is 2.19. The summed E-state index contributed by atoms with van der Waals surface area (Å²) < 4.78 is 7.43. The molecule has 9 heteroatoms. The second-order valence-corrected chi connectivity index (χ2v) is 10.1. The van der Waals surface area contributed by atoms with Gasteiger partial charge in [-0.05, 0) is 60.4 Å². The topological polar surface area (TPSA) is 89.9 Å². The molecule has 0 unspecified atom stereocenters. The normalized spacial score (nSPS) is 11.2. The van der Waals surface area contributed by atoms with E-state index in [1.54, 1.807) is 41.1 Å². The van der Waals surface area contributed by atoms with Crippen LogP contribution >= 0.6 is 23.2 Å². The van der Waals surface area contributed by atoms with Crippen LogP contribution in [0.5, 0.6) is 5.75 Å². The number of nitrogens with zero attached hydrogens (tertiary/aromatic N) is 3. The van der Waals surface area contributed by atoms with Gasteiger partial charge in [-0.1, -0.05) is 72.9 Å². The third-order valence-electron chi connectivity index (χ3n) is 6.42. The van der Waals surface area contributed by atoms with Crippen molar-refractivity contribution in [2.75, 3.05) is 0 Å². The maximum Gasteiger partial charge on any atom is 0.362 e. The van der Waals surface area contributed by atoms with Crippen LogP contribution in [0.2, 0.25) is 10.0 Å².